The first-order valence-corrected chi connectivity index (χ1v) is 6.84. The van der Waals surface area contributed by atoms with Crippen LogP contribution in [0.4, 0.5) is 0 Å². The number of H-pyrrole nitrogens is 1. The molecule has 0 aliphatic carbocycles. The van der Waals surface area contributed by atoms with Gasteiger partial charge in [-0.2, -0.15) is 0 Å². The summed E-state index contributed by atoms with van der Waals surface area (Å²) in [5, 5.41) is 10.8. The van der Waals surface area contributed by atoms with Crippen molar-refractivity contribution in [3.8, 4) is 10.4 Å². The van der Waals surface area contributed by atoms with Gasteiger partial charge in [0, 0.05) is 11.1 Å². The highest BCUT2D eigenvalue weighted by molar-refractivity contribution is 7.13. The minimum Gasteiger partial charge on any atom is -0.391 e. The lowest BCUT2D eigenvalue weighted by molar-refractivity contribution is -0.0992. The second-order valence-electron chi connectivity index (χ2n) is 4.22. The third-order valence-electron chi connectivity index (χ3n) is 2.95. The molecule has 0 spiro atoms. The molecule has 0 radical (unpaired) electrons. The van der Waals surface area contributed by atoms with Crippen LogP contribution in [0.2, 0.25) is 0 Å². The number of aromatic nitrogens is 2. The van der Waals surface area contributed by atoms with Gasteiger partial charge >= 0.3 is 5.69 Å². The van der Waals surface area contributed by atoms with Crippen molar-refractivity contribution in [2.75, 3.05) is 13.2 Å². The fourth-order valence-corrected chi connectivity index (χ4v) is 2.72. The van der Waals surface area contributed by atoms with Crippen LogP contribution in [0.15, 0.2) is 33.3 Å². The van der Waals surface area contributed by atoms with Crippen molar-refractivity contribution >= 4 is 11.3 Å². The Labute approximate surface area is 117 Å². The van der Waals surface area contributed by atoms with E-state index in [0.29, 0.717) is 5.56 Å². The molecular weight excluding hydrogens is 284 g/mol. The normalized spacial score (nSPS) is 22.2. The summed E-state index contributed by atoms with van der Waals surface area (Å²) in [6.07, 6.45) is 0.0556. The van der Waals surface area contributed by atoms with Gasteiger partial charge in [-0.25, -0.2) is 4.79 Å². The molecule has 3 heterocycles. The van der Waals surface area contributed by atoms with Gasteiger partial charge in [0.25, 0.3) is 5.56 Å². The van der Waals surface area contributed by atoms with Gasteiger partial charge in [-0.05, 0) is 11.4 Å². The highest BCUT2D eigenvalue weighted by atomic mass is 32.1. The van der Waals surface area contributed by atoms with E-state index in [4.69, 9.17) is 14.6 Å². The van der Waals surface area contributed by atoms with Gasteiger partial charge in [0.1, 0.15) is 0 Å². The summed E-state index contributed by atoms with van der Waals surface area (Å²) in [5.74, 6) is 0. The molecule has 2 aromatic rings. The Hall–Kier alpha value is -1.74. The molecule has 0 saturated carbocycles. The van der Waals surface area contributed by atoms with E-state index in [9.17, 15) is 9.59 Å². The zero-order valence-corrected chi connectivity index (χ0v) is 11.1. The molecule has 2 unspecified atom stereocenters. The SMILES string of the molecule is O=c1[nH]c(=O)n(C2COC(CO)O2)cc1-c1cccs1. The average molecular weight is 296 g/mol. The summed E-state index contributed by atoms with van der Waals surface area (Å²) in [6, 6.07) is 3.62. The van der Waals surface area contributed by atoms with Gasteiger partial charge in [-0.3, -0.25) is 14.3 Å². The maximum absolute atomic E-state index is 11.9. The van der Waals surface area contributed by atoms with E-state index < -0.39 is 23.8 Å². The lowest BCUT2D eigenvalue weighted by Gasteiger charge is -2.13. The predicted molar refractivity (Wildman–Crippen MR) is 71.6 cm³/mol. The molecule has 7 nitrogen and oxygen atoms in total. The Kier molecular flexibility index (Phi) is 3.53. The summed E-state index contributed by atoms with van der Waals surface area (Å²) >= 11 is 1.40. The van der Waals surface area contributed by atoms with E-state index in [2.05, 4.69) is 4.98 Å². The zero-order chi connectivity index (χ0) is 14.1. The number of ether oxygens (including phenoxy) is 2. The van der Waals surface area contributed by atoms with Crippen molar-refractivity contribution < 1.29 is 14.6 Å². The van der Waals surface area contributed by atoms with Crippen molar-refractivity contribution in [1.82, 2.24) is 9.55 Å². The molecule has 0 bridgehead atoms. The van der Waals surface area contributed by atoms with Crippen molar-refractivity contribution in [1.29, 1.82) is 0 Å². The molecule has 2 N–H and O–H groups in total. The third kappa shape index (κ3) is 2.34. The highest BCUT2D eigenvalue weighted by Crippen LogP contribution is 2.23. The van der Waals surface area contributed by atoms with Gasteiger partial charge in [0.2, 0.25) is 0 Å². The number of nitrogens with zero attached hydrogens (tertiary/aromatic N) is 1. The molecule has 0 amide bonds. The van der Waals surface area contributed by atoms with Crippen LogP contribution in [0, 0.1) is 0 Å². The fourth-order valence-electron chi connectivity index (χ4n) is 1.99. The van der Waals surface area contributed by atoms with Crippen molar-refractivity contribution in [2.24, 2.45) is 0 Å². The van der Waals surface area contributed by atoms with E-state index in [1.807, 2.05) is 11.4 Å². The van der Waals surface area contributed by atoms with Gasteiger partial charge in [0.15, 0.2) is 12.5 Å². The topological polar surface area (TPSA) is 93.6 Å². The average Bonchev–Trinajstić information content (AvgIpc) is 3.09. The van der Waals surface area contributed by atoms with E-state index in [0.717, 1.165) is 4.88 Å². The molecule has 1 aliphatic rings. The minimum absolute atomic E-state index is 0.140. The Morgan fingerprint density at radius 1 is 1.50 bits per heavy atom. The van der Waals surface area contributed by atoms with Gasteiger partial charge < -0.3 is 14.6 Å². The number of hydrogen-bond donors (Lipinski definition) is 2. The van der Waals surface area contributed by atoms with E-state index in [1.54, 1.807) is 6.07 Å². The maximum atomic E-state index is 11.9. The summed E-state index contributed by atoms with van der Waals surface area (Å²) < 4.78 is 11.8. The van der Waals surface area contributed by atoms with Crippen LogP contribution in [0.5, 0.6) is 0 Å². The van der Waals surface area contributed by atoms with E-state index in [1.165, 1.54) is 22.1 Å². The number of thiophene rings is 1. The lowest BCUT2D eigenvalue weighted by atomic mass is 10.3. The molecule has 2 atom stereocenters. The molecule has 8 heteroatoms. The summed E-state index contributed by atoms with van der Waals surface area (Å²) in [6.45, 7) is -0.145. The van der Waals surface area contributed by atoms with Crippen molar-refractivity contribution in [3.63, 3.8) is 0 Å². The van der Waals surface area contributed by atoms with Gasteiger partial charge in [-0.1, -0.05) is 6.07 Å². The van der Waals surface area contributed by atoms with Crippen LogP contribution < -0.4 is 11.2 Å². The Balaban J connectivity index is 2.02. The molecule has 1 aliphatic heterocycles. The highest BCUT2D eigenvalue weighted by Gasteiger charge is 2.28. The smallest absolute Gasteiger partial charge is 0.330 e. The molecule has 3 rings (SSSR count). The van der Waals surface area contributed by atoms with Gasteiger partial charge in [-0.15, -0.1) is 11.3 Å². The third-order valence-corrected chi connectivity index (χ3v) is 3.85. The first kappa shape index (κ1) is 13.3. The number of hydrogen-bond acceptors (Lipinski definition) is 6. The first-order valence-electron chi connectivity index (χ1n) is 5.96. The van der Waals surface area contributed by atoms with Gasteiger partial charge in [0.05, 0.1) is 18.8 Å². The second kappa shape index (κ2) is 5.33. The molecule has 1 saturated heterocycles. The molecule has 0 aromatic carbocycles. The quantitative estimate of drug-likeness (QED) is 0.839. The van der Waals surface area contributed by atoms with E-state index in [-0.39, 0.29) is 13.2 Å². The van der Waals surface area contributed by atoms with Crippen molar-refractivity contribution in [3.05, 3.63) is 44.5 Å². The summed E-state index contributed by atoms with van der Waals surface area (Å²) in [7, 11) is 0. The monoisotopic (exact) mass is 296 g/mol. The number of nitrogens with one attached hydrogen (secondary N) is 1. The van der Waals surface area contributed by atoms with Crippen LogP contribution in [-0.4, -0.2) is 34.2 Å². The Bertz CT molecular complexity index is 705. The van der Waals surface area contributed by atoms with Crippen LogP contribution in [0.3, 0.4) is 0 Å². The Morgan fingerprint density at radius 2 is 2.35 bits per heavy atom. The lowest BCUT2D eigenvalue weighted by Crippen LogP contribution is -2.33. The number of aliphatic hydroxyl groups is 1. The van der Waals surface area contributed by atoms with E-state index >= 15 is 0 Å². The maximum Gasteiger partial charge on any atom is 0.330 e. The predicted octanol–water partition coefficient (Wildman–Crippen LogP) is 0.129. The molecule has 20 heavy (non-hydrogen) atoms. The minimum atomic E-state index is -0.746. The number of aromatic amines is 1. The number of rotatable bonds is 3. The first-order chi connectivity index (χ1) is 9.69. The largest absolute Gasteiger partial charge is 0.391 e. The Morgan fingerprint density at radius 3 is 3.00 bits per heavy atom. The summed E-state index contributed by atoms with van der Waals surface area (Å²) in [5.41, 5.74) is -0.607. The molecule has 2 aromatic heterocycles. The van der Waals surface area contributed by atoms with Crippen LogP contribution in [-0.2, 0) is 9.47 Å². The van der Waals surface area contributed by atoms with Crippen LogP contribution >= 0.6 is 11.3 Å². The van der Waals surface area contributed by atoms with Crippen molar-refractivity contribution in [2.45, 2.75) is 12.5 Å². The molecule has 106 valence electrons. The van der Waals surface area contributed by atoms with Crippen LogP contribution in [0.1, 0.15) is 6.23 Å². The zero-order valence-electron chi connectivity index (χ0n) is 10.3. The number of aliphatic hydroxyl groups excluding tert-OH is 1. The summed E-state index contributed by atoms with van der Waals surface area (Å²) in [4.78, 5) is 26.7. The van der Waals surface area contributed by atoms with Crippen LogP contribution in [0.25, 0.3) is 10.4 Å². The molecular formula is C12H12N2O5S. The second-order valence-corrected chi connectivity index (χ2v) is 5.17. The standard InChI is InChI=1S/C12H12N2O5S/c15-5-10-18-6-9(19-10)14-4-7(8-2-1-3-20-8)11(16)13-12(14)17/h1-4,9-10,15H,5-6H2,(H,13,16,17). The molecule has 1 fully saturated rings. The fraction of sp³-hybridized carbons (Fsp3) is 0.333.